The molecule has 0 spiro atoms. The summed E-state index contributed by atoms with van der Waals surface area (Å²) in [4.78, 5) is 4.45. The summed E-state index contributed by atoms with van der Waals surface area (Å²) >= 11 is 5.15. The van der Waals surface area contributed by atoms with Gasteiger partial charge in [-0.2, -0.15) is 18.3 Å². The molecule has 0 saturated carbocycles. The van der Waals surface area contributed by atoms with Crippen LogP contribution in [0.25, 0.3) is 28.3 Å². The number of halogens is 3. The fourth-order valence-corrected chi connectivity index (χ4v) is 3.26. The van der Waals surface area contributed by atoms with Crippen LogP contribution in [0.3, 0.4) is 0 Å². The highest BCUT2D eigenvalue weighted by molar-refractivity contribution is 7.71. The molecule has 3 heterocycles. The highest BCUT2D eigenvalue weighted by Crippen LogP contribution is 2.26. The van der Waals surface area contributed by atoms with Crippen molar-refractivity contribution in [2.45, 2.75) is 12.5 Å². The Hall–Kier alpha value is -3.22. The molecule has 4 rings (SSSR count). The molecule has 4 N–H and O–H groups in total. The normalized spacial score (nSPS) is 12.9. The zero-order valence-electron chi connectivity index (χ0n) is 16.2. The second-order valence-electron chi connectivity index (χ2n) is 6.82. The molecule has 1 atom stereocenters. The van der Waals surface area contributed by atoms with E-state index in [1.165, 1.54) is 0 Å². The topological polar surface area (TPSA) is 95.2 Å². The number of pyridine rings is 1. The van der Waals surface area contributed by atoms with Gasteiger partial charge < -0.3 is 15.0 Å². The molecule has 0 amide bonds. The van der Waals surface area contributed by atoms with E-state index >= 15 is 0 Å². The number of aromatic amines is 1. The summed E-state index contributed by atoms with van der Waals surface area (Å²) in [5, 5.41) is 21.3. The van der Waals surface area contributed by atoms with Crippen LogP contribution >= 0.6 is 12.2 Å². The molecule has 0 aliphatic rings. The van der Waals surface area contributed by atoms with E-state index in [1.54, 1.807) is 29.0 Å². The zero-order chi connectivity index (χ0) is 22.2. The van der Waals surface area contributed by atoms with Gasteiger partial charge in [0.15, 0.2) is 16.9 Å². The van der Waals surface area contributed by atoms with Crippen LogP contribution in [0.1, 0.15) is 0 Å². The van der Waals surface area contributed by atoms with Gasteiger partial charge in [-0.25, -0.2) is 4.98 Å². The predicted octanol–water partition coefficient (Wildman–Crippen LogP) is 3.30. The van der Waals surface area contributed by atoms with E-state index < -0.39 is 19.1 Å². The summed E-state index contributed by atoms with van der Waals surface area (Å²) in [7, 11) is 1.82. The van der Waals surface area contributed by atoms with E-state index in [1.807, 2.05) is 41.2 Å². The fourth-order valence-electron chi connectivity index (χ4n) is 3.13. The third kappa shape index (κ3) is 4.60. The minimum atomic E-state index is -4.42. The number of aromatic nitrogens is 5. The number of aliphatic hydroxyl groups is 1. The largest absolute Gasteiger partial charge is 0.401 e. The number of fused-ring (bicyclic) bond motifs is 1. The summed E-state index contributed by atoms with van der Waals surface area (Å²) in [5.74, 6) is 0.684. The van der Waals surface area contributed by atoms with Crippen LogP contribution in [0, 0.1) is 4.77 Å². The lowest BCUT2D eigenvalue weighted by Crippen LogP contribution is -2.41. The summed E-state index contributed by atoms with van der Waals surface area (Å²) in [6, 6.07) is 10.7. The van der Waals surface area contributed by atoms with E-state index in [9.17, 15) is 18.3 Å². The van der Waals surface area contributed by atoms with Gasteiger partial charge in [-0.3, -0.25) is 14.8 Å². The smallest absolute Gasteiger partial charge is 0.361 e. The van der Waals surface area contributed by atoms with E-state index in [2.05, 4.69) is 20.5 Å². The molecule has 1 unspecified atom stereocenters. The molecule has 1 aromatic carbocycles. The first-order valence-electron chi connectivity index (χ1n) is 9.15. The molecule has 0 bridgehead atoms. The van der Waals surface area contributed by atoms with Crippen LogP contribution in [-0.4, -0.2) is 48.3 Å². The first-order valence-corrected chi connectivity index (χ1v) is 9.56. The third-order valence-corrected chi connectivity index (χ3v) is 4.97. The maximum atomic E-state index is 12.3. The number of anilines is 1. The van der Waals surface area contributed by atoms with Gasteiger partial charge in [-0.05, 0) is 36.5 Å². The van der Waals surface area contributed by atoms with E-state index in [0.29, 0.717) is 21.9 Å². The fraction of sp³-hybridized carbons (Fsp3) is 0.211. The number of nitrogens with zero attached hydrogens (tertiary/aromatic N) is 4. The Balaban J connectivity index is 1.58. The second kappa shape index (κ2) is 8.13. The average molecular weight is 449 g/mol. The Morgan fingerprint density at radius 1 is 1.23 bits per heavy atom. The summed E-state index contributed by atoms with van der Waals surface area (Å²) in [6.45, 7) is -1.31. The van der Waals surface area contributed by atoms with Crippen LogP contribution in [0.15, 0.2) is 48.8 Å². The van der Waals surface area contributed by atoms with E-state index in [4.69, 9.17) is 12.2 Å². The maximum Gasteiger partial charge on any atom is 0.401 e. The Morgan fingerprint density at radius 3 is 2.74 bits per heavy atom. The minimum Gasteiger partial charge on any atom is -0.361 e. The van der Waals surface area contributed by atoms with Crippen LogP contribution in [0.4, 0.5) is 18.9 Å². The van der Waals surface area contributed by atoms with Crippen LogP contribution < -0.4 is 10.6 Å². The molecular weight excluding hydrogens is 431 g/mol. The molecule has 31 heavy (non-hydrogen) atoms. The lowest BCUT2D eigenvalue weighted by atomic mass is 10.1. The molecule has 0 aliphatic carbocycles. The highest BCUT2D eigenvalue weighted by Gasteiger charge is 2.27. The van der Waals surface area contributed by atoms with Crippen LogP contribution in [0.5, 0.6) is 0 Å². The zero-order valence-corrected chi connectivity index (χ0v) is 17.0. The van der Waals surface area contributed by atoms with Gasteiger partial charge >= 0.3 is 6.18 Å². The predicted molar refractivity (Wildman–Crippen MR) is 112 cm³/mol. The van der Waals surface area contributed by atoms with Gasteiger partial charge in [-0.15, -0.1) is 0 Å². The van der Waals surface area contributed by atoms with Crippen molar-refractivity contribution in [1.82, 2.24) is 29.5 Å². The van der Waals surface area contributed by atoms with Crippen molar-refractivity contribution in [3.05, 3.63) is 53.6 Å². The molecule has 12 heteroatoms. The number of imidazole rings is 1. The first kappa shape index (κ1) is 21.0. The Bertz CT molecular complexity index is 1280. The van der Waals surface area contributed by atoms with Crippen molar-refractivity contribution < 1.29 is 18.3 Å². The van der Waals surface area contributed by atoms with E-state index in [-0.39, 0.29) is 0 Å². The number of aliphatic hydroxyl groups excluding tert-OH is 1. The Labute approximate surface area is 179 Å². The first-order chi connectivity index (χ1) is 14.7. The van der Waals surface area contributed by atoms with Gasteiger partial charge in [-0.1, -0.05) is 12.1 Å². The monoisotopic (exact) mass is 449 g/mol. The van der Waals surface area contributed by atoms with Crippen LogP contribution in [0.2, 0.25) is 0 Å². The Morgan fingerprint density at radius 2 is 2.03 bits per heavy atom. The molecule has 0 radical (unpaired) electrons. The molecule has 0 saturated heterocycles. The number of benzene rings is 1. The van der Waals surface area contributed by atoms with Gasteiger partial charge in [0.25, 0.3) is 0 Å². The summed E-state index contributed by atoms with van der Waals surface area (Å²) in [5.41, 5.74) is 3.53. The number of H-pyrrole nitrogens is 1. The molecule has 0 fully saturated rings. The van der Waals surface area contributed by atoms with Gasteiger partial charge in [0.2, 0.25) is 0 Å². The standard InChI is InChI=1S/C19H18F3N7OS/c1-28-16(26-27-18(28)31)12-5-6-29-14(9-23-15(29)8-12)11-3-2-4-13(7-11)25-17(30)24-10-19(20,21)22/h2-9,17,24-25,30H,10H2,1H3,(H,27,31). The van der Waals surface area contributed by atoms with Crippen LogP contribution in [-0.2, 0) is 7.05 Å². The number of alkyl halides is 3. The van der Waals surface area contributed by atoms with Crippen molar-refractivity contribution in [3.63, 3.8) is 0 Å². The number of hydrogen-bond donors (Lipinski definition) is 4. The highest BCUT2D eigenvalue weighted by atomic mass is 32.1. The number of nitrogens with one attached hydrogen (secondary N) is 3. The Kier molecular flexibility index (Phi) is 5.52. The van der Waals surface area contributed by atoms with Crippen molar-refractivity contribution in [2.24, 2.45) is 7.05 Å². The number of rotatable bonds is 6. The third-order valence-electron chi connectivity index (χ3n) is 4.61. The molecule has 8 nitrogen and oxygen atoms in total. The summed E-state index contributed by atoms with van der Waals surface area (Å²) in [6.07, 6.45) is -2.42. The second-order valence-corrected chi connectivity index (χ2v) is 7.21. The SMILES string of the molecule is Cn1c(-c2ccn3c(-c4cccc(NC(O)NCC(F)(F)F)c4)cnc3c2)n[nH]c1=S. The molecule has 3 aromatic heterocycles. The maximum absolute atomic E-state index is 12.3. The molecular formula is C19H18F3N7OS. The van der Waals surface area contributed by atoms with Crippen molar-refractivity contribution >= 4 is 23.6 Å². The van der Waals surface area contributed by atoms with Gasteiger partial charge in [0.05, 0.1) is 18.4 Å². The van der Waals surface area contributed by atoms with Gasteiger partial charge in [0, 0.05) is 30.1 Å². The average Bonchev–Trinajstić information content (AvgIpc) is 3.29. The van der Waals surface area contributed by atoms with Gasteiger partial charge in [0.1, 0.15) is 5.65 Å². The van der Waals surface area contributed by atoms with Crippen molar-refractivity contribution in [3.8, 4) is 22.6 Å². The summed E-state index contributed by atoms with van der Waals surface area (Å²) < 4.78 is 41.0. The molecule has 0 aliphatic heterocycles. The van der Waals surface area contributed by atoms with Crippen molar-refractivity contribution in [2.75, 3.05) is 11.9 Å². The molecule has 162 valence electrons. The quantitative estimate of drug-likeness (QED) is 0.267. The minimum absolute atomic E-state index is 0.452. The molecule has 4 aromatic rings. The number of hydrogen-bond acceptors (Lipinski definition) is 6. The van der Waals surface area contributed by atoms with Crippen molar-refractivity contribution in [1.29, 1.82) is 0 Å². The van der Waals surface area contributed by atoms with E-state index in [0.717, 1.165) is 16.8 Å². The lowest BCUT2D eigenvalue weighted by Gasteiger charge is -2.17. The lowest BCUT2D eigenvalue weighted by molar-refractivity contribution is -0.130.